The first-order valence-corrected chi connectivity index (χ1v) is 8.52. The highest BCUT2D eigenvalue weighted by Crippen LogP contribution is 2.25. The summed E-state index contributed by atoms with van der Waals surface area (Å²) in [4.78, 5) is 39.2. The Morgan fingerprint density at radius 1 is 1.38 bits per heavy atom. The molecule has 3 atom stereocenters. The van der Waals surface area contributed by atoms with Crippen molar-refractivity contribution in [2.75, 3.05) is 13.6 Å². The molecular formula is C20H28N2O4. The highest BCUT2D eigenvalue weighted by Gasteiger charge is 2.32. The molecule has 0 saturated carbocycles. The van der Waals surface area contributed by atoms with E-state index in [-0.39, 0.29) is 17.7 Å². The van der Waals surface area contributed by atoms with Gasteiger partial charge in [0, 0.05) is 30.0 Å². The molecule has 1 aromatic carbocycles. The zero-order valence-electron chi connectivity index (χ0n) is 19.5. The molecule has 1 aliphatic heterocycles. The number of aliphatic hydroxyl groups is 1. The molecule has 1 aromatic rings. The van der Waals surface area contributed by atoms with E-state index in [9.17, 15) is 19.5 Å². The van der Waals surface area contributed by atoms with Gasteiger partial charge in [-0.25, -0.2) is 0 Å². The second-order valence-corrected chi connectivity index (χ2v) is 6.79. The van der Waals surface area contributed by atoms with E-state index in [4.69, 9.17) is 5.48 Å². The Kier molecular flexibility index (Phi) is 4.84. The van der Waals surface area contributed by atoms with Crippen LogP contribution in [0.3, 0.4) is 0 Å². The summed E-state index contributed by atoms with van der Waals surface area (Å²) < 4.78 is 32.7. The molecule has 0 spiro atoms. The van der Waals surface area contributed by atoms with Crippen molar-refractivity contribution >= 4 is 17.6 Å². The number of benzene rings is 1. The third kappa shape index (κ3) is 4.49. The Morgan fingerprint density at radius 3 is 2.69 bits per heavy atom. The average molecular weight is 364 g/mol. The van der Waals surface area contributed by atoms with E-state index < -0.39 is 54.3 Å². The lowest BCUT2D eigenvalue weighted by molar-refractivity contribution is -0.137. The van der Waals surface area contributed by atoms with Gasteiger partial charge in [-0.3, -0.25) is 14.4 Å². The van der Waals surface area contributed by atoms with Crippen LogP contribution in [0.15, 0.2) is 24.3 Å². The molecule has 6 nitrogen and oxygen atoms in total. The molecule has 6 heteroatoms. The Morgan fingerprint density at radius 2 is 2.04 bits per heavy atom. The largest absolute Gasteiger partial charge is 0.385 e. The van der Waals surface area contributed by atoms with E-state index >= 15 is 0 Å². The summed E-state index contributed by atoms with van der Waals surface area (Å²) in [5.74, 6) is -5.21. The van der Waals surface area contributed by atoms with Crippen LogP contribution in [0, 0.1) is 11.8 Å². The van der Waals surface area contributed by atoms with Crippen molar-refractivity contribution in [3.8, 4) is 0 Å². The first kappa shape index (κ1) is 14.9. The Balaban J connectivity index is 2.34. The van der Waals surface area contributed by atoms with Crippen LogP contribution >= 0.6 is 0 Å². The molecule has 26 heavy (non-hydrogen) atoms. The fourth-order valence-electron chi connectivity index (χ4n) is 2.67. The minimum absolute atomic E-state index is 0.202. The third-order valence-electron chi connectivity index (χ3n) is 4.32. The summed E-state index contributed by atoms with van der Waals surface area (Å²) >= 11 is 0. The van der Waals surface area contributed by atoms with E-state index in [1.807, 2.05) is 0 Å². The molecule has 0 radical (unpaired) electrons. The average Bonchev–Trinajstić information content (AvgIpc) is 2.70. The lowest BCUT2D eigenvalue weighted by Crippen LogP contribution is -2.43. The Bertz CT molecular complexity index is 855. The van der Waals surface area contributed by atoms with E-state index in [0.717, 1.165) is 0 Å². The Labute approximate surface area is 160 Å². The molecule has 1 aliphatic rings. The van der Waals surface area contributed by atoms with Crippen LogP contribution in [-0.2, 0) is 20.8 Å². The maximum Gasteiger partial charge on any atom is 0.249 e. The van der Waals surface area contributed by atoms with Crippen LogP contribution in [-0.4, -0.2) is 47.3 Å². The molecule has 142 valence electrons. The number of fused-ring (bicyclic) bond motifs is 1. The second-order valence-electron chi connectivity index (χ2n) is 6.79. The highest BCUT2D eigenvalue weighted by molar-refractivity contribution is 5.92. The minimum Gasteiger partial charge on any atom is -0.385 e. The number of likely N-dealkylation sites (N-methyl/N-ethyl adjacent to an activating group) is 1. The van der Waals surface area contributed by atoms with Gasteiger partial charge in [0.2, 0.25) is 11.8 Å². The zero-order valence-corrected chi connectivity index (χ0v) is 15.5. The molecule has 2 amide bonds. The monoisotopic (exact) mass is 364 g/mol. The summed E-state index contributed by atoms with van der Waals surface area (Å²) in [5.41, 5.74) is 0.544. The number of nitrogens with zero attached hydrogens (tertiary/aromatic N) is 1. The first-order valence-electron chi connectivity index (χ1n) is 10.5. The molecule has 0 aromatic heterocycles. The molecule has 0 bridgehead atoms. The van der Waals surface area contributed by atoms with Crippen molar-refractivity contribution in [1.29, 1.82) is 0 Å². The zero-order chi connectivity index (χ0) is 23.1. The fraction of sp³-hybridized carbons (Fsp3) is 0.550. The molecule has 0 unspecified atom stereocenters. The number of carbonyl (C=O) groups excluding carboxylic acids is 3. The van der Waals surface area contributed by atoms with Crippen LogP contribution in [0.25, 0.3) is 0 Å². The predicted octanol–water partition coefficient (Wildman–Crippen LogP) is 1.47. The molecule has 2 rings (SSSR count). The number of ketones is 1. The van der Waals surface area contributed by atoms with Gasteiger partial charge in [0.05, 0.1) is 1.37 Å². The van der Waals surface area contributed by atoms with Crippen molar-refractivity contribution in [3.05, 3.63) is 35.4 Å². The van der Waals surface area contributed by atoms with E-state index in [2.05, 4.69) is 5.32 Å². The van der Waals surface area contributed by atoms with Crippen LogP contribution in [0.2, 0.25) is 0 Å². The number of nitrogens with one attached hydrogen (secondary N) is 1. The van der Waals surface area contributed by atoms with Crippen molar-refractivity contribution in [3.63, 3.8) is 0 Å². The SMILES string of the molecule is [2H]C1([2H])CN(C)C(=O)[C@@H](NC(=O)[C@]([2H])(C)CC(=O)[C@@]([2H])(O)C(C)C)c2ccccc21. The van der Waals surface area contributed by atoms with Crippen LogP contribution in [0.1, 0.15) is 49.8 Å². The normalized spacial score (nSPS) is 26.2. The summed E-state index contributed by atoms with van der Waals surface area (Å²) in [6.45, 7) is 3.94. The maximum absolute atomic E-state index is 12.9. The summed E-state index contributed by atoms with van der Waals surface area (Å²) in [6.07, 6.45) is -4.97. The van der Waals surface area contributed by atoms with Crippen LogP contribution in [0.4, 0.5) is 0 Å². The van der Waals surface area contributed by atoms with Crippen molar-refractivity contribution in [2.24, 2.45) is 11.8 Å². The van der Waals surface area contributed by atoms with Gasteiger partial charge in [-0.05, 0) is 23.4 Å². The van der Waals surface area contributed by atoms with Crippen LogP contribution < -0.4 is 5.32 Å². The second kappa shape index (κ2) is 8.45. The highest BCUT2D eigenvalue weighted by atomic mass is 16.3. The number of carbonyl (C=O) groups is 3. The van der Waals surface area contributed by atoms with Crippen LogP contribution in [0.5, 0.6) is 0 Å². The van der Waals surface area contributed by atoms with Gasteiger partial charge in [0.25, 0.3) is 0 Å². The number of hydrogen-bond acceptors (Lipinski definition) is 4. The topological polar surface area (TPSA) is 86.7 Å². The first-order chi connectivity index (χ1) is 13.6. The van der Waals surface area contributed by atoms with Gasteiger partial charge in [-0.1, -0.05) is 45.0 Å². The predicted molar refractivity (Wildman–Crippen MR) is 98.3 cm³/mol. The van der Waals surface area contributed by atoms with Crippen molar-refractivity contribution in [1.82, 2.24) is 10.2 Å². The van der Waals surface area contributed by atoms with E-state index in [1.165, 1.54) is 32.7 Å². The quantitative estimate of drug-likeness (QED) is 0.800. The standard InChI is InChI=1S/C20H28N2O4/c1-12(2)18(24)16(23)11-13(3)19(25)21-17-15-8-6-5-7-14(15)9-10-22(4)20(17)26/h5-8,12-13,17-18,24H,9-11H2,1-4H3,(H,21,25)/t13-,17+,18+/m1/s1/i9D2,13D,18D. The number of amides is 2. The van der Waals surface area contributed by atoms with Crippen molar-refractivity contribution < 1.29 is 25.0 Å². The number of rotatable bonds is 6. The summed E-state index contributed by atoms with van der Waals surface area (Å²) in [5, 5.41) is 12.5. The molecule has 0 aliphatic carbocycles. The van der Waals surface area contributed by atoms with Gasteiger partial charge in [0.15, 0.2) is 5.78 Å². The lowest BCUT2D eigenvalue weighted by Gasteiger charge is -2.24. The number of hydrogen-bond donors (Lipinski definition) is 2. The van der Waals surface area contributed by atoms with Gasteiger partial charge in [-0.15, -0.1) is 0 Å². The van der Waals surface area contributed by atoms with Gasteiger partial charge in [-0.2, -0.15) is 0 Å². The van der Waals surface area contributed by atoms with Gasteiger partial charge in [0.1, 0.15) is 12.1 Å². The minimum atomic E-state index is -2.43. The molecule has 1 heterocycles. The third-order valence-corrected chi connectivity index (χ3v) is 4.32. The van der Waals surface area contributed by atoms with E-state index in [0.29, 0.717) is 0 Å². The molecular weight excluding hydrogens is 332 g/mol. The Hall–Kier alpha value is -2.21. The van der Waals surface area contributed by atoms with E-state index in [1.54, 1.807) is 24.3 Å². The smallest absolute Gasteiger partial charge is 0.249 e. The molecule has 0 saturated heterocycles. The molecule has 0 fully saturated rings. The number of Topliss-reactive ketones (excluding diaryl/α,β-unsaturated/α-hetero) is 1. The maximum atomic E-state index is 12.9. The fourth-order valence-corrected chi connectivity index (χ4v) is 2.67. The summed E-state index contributed by atoms with van der Waals surface area (Å²) in [7, 11) is 1.43. The molecule has 2 N–H and O–H groups in total. The summed E-state index contributed by atoms with van der Waals surface area (Å²) in [6, 6.07) is 5.13. The van der Waals surface area contributed by atoms with Crippen molar-refractivity contribution in [2.45, 2.75) is 45.7 Å². The lowest BCUT2D eigenvalue weighted by atomic mass is 9.94. The van der Waals surface area contributed by atoms with Gasteiger partial charge >= 0.3 is 0 Å². The van der Waals surface area contributed by atoms with Gasteiger partial charge < -0.3 is 15.3 Å².